The molecule has 1 saturated heterocycles. The van der Waals surface area contributed by atoms with Gasteiger partial charge in [-0.15, -0.1) is 0 Å². The third kappa shape index (κ3) is 5.92. The Hall–Kier alpha value is -3.16. The maximum Gasteiger partial charge on any atom is 0.320 e. The summed E-state index contributed by atoms with van der Waals surface area (Å²) in [7, 11) is 1.72. The van der Waals surface area contributed by atoms with E-state index in [1.807, 2.05) is 35.0 Å². The predicted octanol–water partition coefficient (Wildman–Crippen LogP) is 4.71. The van der Waals surface area contributed by atoms with Gasteiger partial charge in [-0.2, -0.15) is 5.10 Å². The van der Waals surface area contributed by atoms with Crippen molar-refractivity contribution in [3.63, 3.8) is 0 Å². The van der Waals surface area contributed by atoms with Crippen LogP contribution in [0.4, 0.5) is 10.6 Å². The van der Waals surface area contributed by atoms with Gasteiger partial charge in [-0.1, -0.05) is 69.3 Å². The van der Waals surface area contributed by atoms with Gasteiger partial charge >= 0.3 is 6.03 Å². The summed E-state index contributed by atoms with van der Waals surface area (Å²) in [5, 5.41) is 11.2. The van der Waals surface area contributed by atoms with Crippen molar-refractivity contribution in [2.24, 2.45) is 0 Å². The first-order valence-electron chi connectivity index (χ1n) is 12.3. The molecule has 1 aliphatic heterocycles. The van der Waals surface area contributed by atoms with Crippen LogP contribution in [-0.2, 0) is 10.2 Å². The molecular formula is C28H37N5O2. The Bertz CT molecular complexity index is 1140. The topological polar surface area (TPSA) is 71.4 Å². The normalized spacial score (nSPS) is 18.5. The molecule has 35 heavy (non-hydrogen) atoms. The molecule has 3 aromatic rings. The number of carbonyl (C=O) groups is 1. The predicted molar refractivity (Wildman–Crippen MR) is 140 cm³/mol. The summed E-state index contributed by atoms with van der Waals surface area (Å²) in [6.07, 6.45) is 0. The Kier molecular flexibility index (Phi) is 7.57. The van der Waals surface area contributed by atoms with E-state index in [1.54, 1.807) is 7.11 Å². The number of aryl methyl sites for hydroxylation is 1. The van der Waals surface area contributed by atoms with Crippen LogP contribution in [0.25, 0.3) is 5.69 Å². The number of rotatable bonds is 7. The monoisotopic (exact) mass is 475 g/mol. The zero-order valence-corrected chi connectivity index (χ0v) is 21.4. The lowest BCUT2D eigenvalue weighted by molar-refractivity contribution is 0.159. The quantitative estimate of drug-likeness (QED) is 0.519. The highest BCUT2D eigenvalue weighted by molar-refractivity contribution is 5.89. The molecule has 0 bridgehead atoms. The van der Waals surface area contributed by atoms with Gasteiger partial charge in [-0.25, -0.2) is 9.48 Å². The fourth-order valence-corrected chi connectivity index (χ4v) is 4.61. The highest BCUT2D eigenvalue weighted by Gasteiger charge is 2.35. The molecule has 0 radical (unpaired) electrons. The van der Waals surface area contributed by atoms with Crippen molar-refractivity contribution in [3.05, 3.63) is 77.5 Å². The van der Waals surface area contributed by atoms with Crippen LogP contribution in [0.5, 0.6) is 0 Å². The van der Waals surface area contributed by atoms with Crippen LogP contribution in [-0.4, -0.2) is 60.1 Å². The molecule has 2 amide bonds. The van der Waals surface area contributed by atoms with E-state index in [-0.39, 0.29) is 23.4 Å². The average molecular weight is 476 g/mol. The minimum atomic E-state index is -0.222. The molecule has 2 aromatic carbocycles. The van der Waals surface area contributed by atoms with E-state index in [0.29, 0.717) is 12.4 Å². The van der Waals surface area contributed by atoms with Gasteiger partial charge in [-0.05, 0) is 24.1 Å². The number of benzene rings is 2. The number of nitrogens with zero attached hydrogens (tertiary/aromatic N) is 3. The van der Waals surface area contributed by atoms with Gasteiger partial charge in [0.2, 0.25) is 0 Å². The molecule has 186 valence electrons. The van der Waals surface area contributed by atoms with Gasteiger partial charge in [0.1, 0.15) is 5.82 Å². The average Bonchev–Trinajstić information content (AvgIpc) is 3.43. The Morgan fingerprint density at radius 3 is 2.49 bits per heavy atom. The van der Waals surface area contributed by atoms with Crippen molar-refractivity contribution in [3.8, 4) is 5.69 Å². The summed E-state index contributed by atoms with van der Waals surface area (Å²) in [6, 6.07) is 20.2. The summed E-state index contributed by atoms with van der Waals surface area (Å²) in [5.41, 5.74) is 4.05. The SMILES string of the molecule is COCCN1CC(c2ccccc2)[C@H](NC(=O)Nc2cc(C(C)(C)C)nn2-c2ccccc2C)C1. The van der Waals surface area contributed by atoms with Gasteiger partial charge < -0.3 is 10.1 Å². The first-order valence-corrected chi connectivity index (χ1v) is 12.3. The third-order valence-corrected chi connectivity index (χ3v) is 6.61. The van der Waals surface area contributed by atoms with Gasteiger partial charge in [0.15, 0.2) is 0 Å². The van der Waals surface area contributed by atoms with Crippen molar-refractivity contribution >= 4 is 11.8 Å². The zero-order chi connectivity index (χ0) is 25.0. The molecule has 0 saturated carbocycles. The fraction of sp³-hybridized carbons (Fsp3) is 0.429. The van der Waals surface area contributed by atoms with Crippen LogP contribution < -0.4 is 10.6 Å². The lowest BCUT2D eigenvalue weighted by atomic mass is 9.92. The third-order valence-electron chi connectivity index (χ3n) is 6.61. The molecule has 1 fully saturated rings. The number of hydrogen-bond acceptors (Lipinski definition) is 4. The van der Waals surface area contributed by atoms with Gasteiger partial charge in [0, 0.05) is 44.1 Å². The molecule has 4 rings (SSSR count). The largest absolute Gasteiger partial charge is 0.383 e. The Morgan fingerprint density at radius 1 is 1.09 bits per heavy atom. The molecule has 7 nitrogen and oxygen atoms in total. The Balaban J connectivity index is 1.56. The van der Waals surface area contributed by atoms with Crippen molar-refractivity contribution in [2.45, 2.75) is 45.1 Å². The molecular weight excluding hydrogens is 438 g/mol. The molecule has 2 N–H and O–H groups in total. The molecule has 1 aliphatic rings. The van der Waals surface area contributed by atoms with Crippen LogP contribution in [0.3, 0.4) is 0 Å². The van der Waals surface area contributed by atoms with Gasteiger partial charge in [0.05, 0.1) is 24.0 Å². The molecule has 7 heteroatoms. The number of hydrogen-bond donors (Lipinski definition) is 2. The Morgan fingerprint density at radius 2 is 1.80 bits per heavy atom. The van der Waals surface area contributed by atoms with Crippen LogP contribution in [0.1, 0.15) is 43.5 Å². The first-order chi connectivity index (χ1) is 16.8. The second-order valence-corrected chi connectivity index (χ2v) is 10.3. The summed E-state index contributed by atoms with van der Waals surface area (Å²) in [4.78, 5) is 15.6. The number of likely N-dealkylation sites (tertiary alicyclic amines) is 1. The molecule has 2 heterocycles. The van der Waals surface area contributed by atoms with Crippen molar-refractivity contribution in [2.75, 3.05) is 38.7 Å². The van der Waals surface area contributed by atoms with E-state index in [1.165, 1.54) is 5.56 Å². The number of aromatic nitrogens is 2. The number of nitrogens with one attached hydrogen (secondary N) is 2. The fourth-order valence-electron chi connectivity index (χ4n) is 4.61. The summed E-state index contributed by atoms with van der Waals surface area (Å²) in [5.74, 6) is 0.873. The minimum absolute atomic E-state index is 0.00817. The number of carbonyl (C=O) groups excluding carboxylic acids is 1. The molecule has 0 aliphatic carbocycles. The maximum absolute atomic E-state index is 13.3. The first kappa shape index (κ1) is 24.9. The van der Waals surface area contributed by atoms with E-state index >= 15 is 0 Å². The van der Waals surface area contributed by atoms with Crippen molar-refractivity contribution < 1.29 is 9.53 Å². The van der Waals surface area contributed by atoms with E-state index in [9.17, 15) is 4.79 Å². The van der Waals surface area contributed by atoms with E-state index in [0.717, 1.165) is 36.6 Å². The minimum Gasteiger partial charge on any atom is -0.383 e. The van der Waals surface area contributed by atoms with E-state index < -0.39 is 0 Å². The number of para-hydroxylation sites is 1. The van der Waals surface area contributed by atoms with Gasteiger partial charge in [-0.3, -0.25) is 10.2 Å². The number of anilines is 1. The van der Waals surface area contributed by atoms with Crippen molar-refractivity contribution in [1.29, 1.82) is 0 Å². The summed E-state index contributed by atoms with van der Waals surface area (Å²) in [6.45, 7) is 11.6. The van der Waals surface area contributed by atoms with Crippen LogP contribution >= 0.6 is 0 Å². The highest BCUT2D eigenvalue weighted by Crippen LogP contribution is 2.29. The van der Waals surface area contributed by atoms with Crippen LogP contribution in [0, 0.1) is 6.92 Å². The number of urea groups is 1. The standard InChI is InChI=1S/C28H37N5O2/c1-20-11-9-10-14-24(20)33-26(17-25(31-33)28(2,3)4)30-27(34)29-23-19-32(15-16-35-5)18-22(23)21-12-7-6-8-13-21/h6-14,17,22-23H,15-16,18-19H2,1-5H3,(H2,29,30,34)/t22?,23-/m1/s1. The number of amides is 2. The molecule has 1 aromatic heterocycles. The second kappa shape index (κ2) is 10.6. The second-order valence-electron chi connectivity index (χ2n) is 10.3. The molecule has 1 unspecified atom stereocenters. The highest BCUT2D eigenvalue weighted by atomic mass is 16.5. The van der Waals surface area contributed by atoms with Gasteiger partial charge in [0.25, 0.3) is 0 Å². The molecule has 0 spiro atoms. The Labute approximate surface area is 208 Å². The summed E-state index contributed by atoms with van der Waals surface area (Å²) < 4.78 is 7.12. The lowest BCUT2D eigenvalue weighted by Crippen LogP contribution is -2.42. The number of methoxy groups -OCH3 is 1. The van der Waals surface area contributed by atoms with E-state index in [4.69, 9.17) is 9.84 Å². The summed E-state index contributed by atoms with van der Waals surface area (Å²) >= 11 is 0. The lowest BCUT2D eigenvalue weighted by Gasteiger charge is -2.21. The van der Waals surface area contributed by atoms with Crippen LogP contribution in [0.15, 0.2) is 60.7 Å². The van der Waals surface area contributed by atoms with E-state index in [2.05, 4.69) is 73.6 Å². The van der Waals surface area contributed by atoms with Crippen LogP contribution in [0.2, 0.25) is 0 Å². The zero-order valence-electron chi connectivity index (χ0n) is 21.4. The smallest absolute Gasteiger partial charge is 0.320 e. The number of ether oxygens (including phenoxy) is 1. The van der Waals surface area contributed by atoms with Crippen molar-refractivity contribution in [1.82, 2.24) is 20.0 Å². The molecule has 2 atom stereocenters. The maximum atomic E-state index is 13.3.